The Bertz CT molecular complexity index is 428. The zero-order valence-corrected chi connectivity index (χ0v) is 10.3. The number of hydrogen-bond acceptors (Lipinski definition) is 2. The van der Waals surface area contributed by atoms with Gasteiger partial charge in [-0.05, 0) is 55.6 Å². The molecule has 0 fully saturated rings. The Balaban J connectivity index is 2.31. The van der Waals surface area contributed by atoms with Crippen molar-refractivity contribution >= 4 is 0 Å². The van der Waals surface area contributed by atoms with Gasteiger partial charge in [-0.3, -0.25) is 0 Å². The predicted octanol–water partition coefficient (Wildman–Crippen LogP) is 3.09. The number of rotatable bonds is 3. The van der Waals surface area contributed by atoms with E-state index >= 15 is 0 Å². The maximum absolute atomic E-state index is 13.1. The molecule has 17 heavy (non-hydrogen) atoms. The first-order chi connectivity index (χ1) is 8.22. The van der Waals surface area contributed by atoms with E-state index in [1.54, 1.807) is 6.07 Å². The fourth-order valence-corrected chi connectivity index (χ4v) is 2.30. The molecule has 0 aliphatic carbocycles. The van der Waals surface area contributed by atoms with Crippen molar-refractivity contribution in [3.63, 3.8) is 0 Å². The second-order valence-corrected chi connectivity index (χ2v) is 4.39. The molecule has 92 valence electrons. The highest BCUT2D eigenvalue weighted by atomic mass is 19.1. The SMILES string of the molecule is CNC(C1=COCCC1)c1ccc(F)cc1C. The number of nitrogens with one attached hydrogen (secondary N) is 1. The highest BCUT2D eigenvalue weighted by molar-refractivity contribution is 5.35. The third kappa shape index (κ3) is 2.67. The third-order valence-corrected chi connectivity index (χ3v) is 3.16. The predicted molar refractivity (Wildman–Crippen MR) is 66.2 cm³/mol. The average Bonchev–Trinajstić information content (AvgIpc) is 2.34. The highest BCUT2D eigenvalue weighted by Crippen LogP contribution is 2.29. The number of ether oxygens (including phenoxy) is 1. The van der Waals surface area contributed by atoms with Gasteiger partial charge in [0, 0.05) is 0 Å². The van der Waals surface area contributed by atoms with Crippen molar-refractivity contribution in [1.82, 2.24) is 5.32 Å². The third-order valence-electron chi connectivity index (χ3n) is 3.16. The van der Waals surface area contributed by atoms with E-state index < -0.39 is 0 Å². The standard InChI is InChI=1S/C14H18FNO/c1-10-8-12(15)5-6-13(10)14(16-2)11-4-3-7-17-9-11/h5-6,8-9,14,16H,3-4,7H2,1-2H3. The lowest BCUT2D eigenvalue weighted by Gasteiger charge is -2.24. The molecule has 0 spiro atoms. The topological polar surface area (TPSA) is 21.3 Å². The Morgan fingerprint density at radius 1 is 1.41 bits per heavy atom. The molecule has 3 heteroatoms. The van der Waals surface area contributed by atoms with Crippen LogP contribution in [0.15, 0.2) is 30.0 Å². The van der Waals surface area contributed by atoms with Crippen LogP contribution in [0.5, 0.6) is 0 Å². The van der Waals surface area contributed by atoms with Crippen LogP contribution in [0, 0.1) is 12.7 Å². The number of hydrogen-bond donors (Lipinski definition) is 1. The van der Waals surface area contributed by atoms with Crippen LogP contribution in [-0.2, 0) is 4.74 Å². The van der Waals surface area contributed by atoms with Crippen molar-refractivity contribution in [1.29, 1.82) is 0 Å². The first-order valence-corrected chi connectivity index (χ1v) is 5.96. The highest BCUT2D eigenvalue weighted by Gasteiger charge is 2.19. The van der Waals surface area contributed by atoms with Gasteiger partial charge < -0.3 is 10.1 Å². The van der Waals surface area contributed by atoms with Crippen LogP contribution < -0.4 is 5.32 Å². The van der Waals surface area contributed by atoms with E-state index in [1.807, 2.05) is 26.3 Å². The van der Waals surface area contributed by atoms with Crippen molar-refractivity contribution < 1.29 is 9.13 Å². The smallest absolute Gasteiger partial charge is 0.123 e. The van der Waals surface area contributed by atoms with E-state index in [0.29, 0.717) is 0 Å². The minimum Gasteiger partial charge on any atom is -0.501 e. The van der Waals surface area contributed by atoms with Crippen LogP contribution >= 0.6 is 0 Å². The van der Waals surface area contributed by atoms with Gasteiger partial charge in [0.15, 0.2) is 0 Å². The summed E-state index contributed by atoms with van der Waals surface area (Å²) in [6.07, 6.45) is 3.92. The van der Waals surface area contributed by atoms with E-state index in [0.717, 1.165) is 30.6 Å². The Labute approximate surface area is 101 Å². The summed E-state index contributed by atoms with van der Waals surface area (Å²) in [6, 6.07) is 5.05. The molecule has 1 heterocycles. The quantitative estimate of drug-likeness (QED) is 0.869. The Morgan fingerprint density at radius 2 is 2.24 bits per heavy atom. The van der Waals surface area contributed by atoms with E-state index in [9.17, 15) is 4.39 Å². The molecule has 0 aromatic heterocycles. The summed E-state index contributed by atoms with van der Waals surface area (Å²) in [6.45, 7) is 2.73. The Hall–Kier alpha value is -1.35. The van der Waals surface area contributed by atoms with Gasteiger partial charge >= 0.3 is 0 Å². The molecular weight excluding hydrogens is 217 g/mol. The summed E-state index contributed by atoms with van der Waals surface area (Å²) in [5.41, 5.74) is 3.31. The molecule has 0 radical (unpaired) electrons. The minimum atomic E-state index is -0.185. The van der Waals surface area contributed by atoms with Gasteiger partial charge in [0.1, 0.15) is 5.82 Å². The molecule has 1 aromatic carbocycles. The van der Waals surface area contributed by atoms with E-state index in [-0.39, 0.29) is 11.9 Å². The summed E-state index contributed by atoms with van der Waals surface area (Å²) in [7, 11) is 1.92. The molecule has 1 aromatic rings. The number of likely N-dealkylation sites (N-methyl/N-ethyl adjacent to an activating group) is 1. The first-order valence-electron chi connectivity index (χ1n) is 5.96. The number of halogens is 1. The van der Waals surface area contributed by atoms with E-state index in [1.165, 1.54) is 11.6 Å². The normalized spacial score (nSPS) is 17.2. The molecule has 2 nitrogen and oxygen atoms in total. The van der Waals surface area contributed by atoms with Crippen LogP contribution in [0.2, 0.25) is 0 Å². The fourth-order valence-electron chi connectivity index (χ4n) is 2.30. The van der Waals surface area contributed by atoms with Crippen LogP contribution in [0.25, 0.3) is 0 Å². The van der Waals surface area contributed by atoms with Crippen molar-refractivity contribution in [3.8, 4) is 0 Å². The van der Waals surface area contributed by atoms with Gasteiger partial charge in [-0.15, -0.1) is 0 Å². The molecule has 0 saturated heterocycles. The van der Waals surface area contributed by atoms with Gasteiger partial charge in [0.05, 0.1) is 18.9 Å². The molecule has 0 saturated carbocycles. The van der Waals surface area contributed by atoms with Gasteiger partial charge in [-0.1, -0.05) is 6.07 Å². The van der Waals surface area contributed by atoms with Crippen LogP contribution in [0.1, 0.15) is 30.0 Å². The lowest BCUT2D eigenvalue weighted by Crippen LogP contribution is -2.21. The summed E-state index contributed by atoms with van der Waals surface area (Å²) in [5, 5.41) is 3.28. The van der Waals surface area contributed by atoms with Gasteiger partial charge in [-0.2, -0.15) is 0 Å². The Kier molecular flexibility index (Phi) is 3.79. The van der Waals surface area contributed by atoms with E-state index in [2.05, 4.69) is 5.32 Å². The molecule has 1 N–H and O–H groups in total. The molecule has 0 bridgehead atoms. The second kappa shape index (κ2) is 5.32. The lowest BCUT2D eigenvalue weighted by atomic mass is 9.92. The summed E-state index contributed by atoms with van der Waals surface area (Å²) in [4.78, 5) is 0. The average molecular weight is 235 g/mol. The van der Waals surface area contributed by atoms with Crippen LogP contribution in [0.4, 0.5) is 4.39 Å². The summed E-state index contributed by atoms with van der Waals surface area (Å²) >= 11 is 0. The molecule has 1 aliphatic heterocycles. The monoisotopic (exact) mass is 235 g/mol. The lowest BCUT2D eigenvalue weighted by molar-refractivity contribution is 0.220. The fraction of sp³-hybridized carbons (Fsp3) is 0.429. The van der Waals surface area contributed by atoms with Crippen molar-refractivity contribution in [3.05, 3.63) is 47.0 Å². The summed E-state index contributed by atoms with van der Waals surface area (Å²) < 4.78 is 18.5. The molecule has 1 atom stereocenters. The second-order valence-electron chi connectivity index (χ2n) is 4.39. The maximum Gasteiger partial charge on any atom is 0.123 e. The summed E-state index contributed by atoms with van der Waals surface area (Å²) in [5.74, 6) is -0.185. The van der Waals surface area contributed by atoms with Crippen LogP contribution in [0.3, 0.4) is 0 Å². The molecular formula is C14H18FNO. The van der Waals surface area contributed by atoms with Gasteiger partial charge in [0.25, 0.3) is 0 Å². The van der Waals surface area contributed by atoms with Crippen molar-refractivity contribution in [2.24, 2.45) is 0 Å². The Morgan fingerprint density at radius 3 is 2.82 bits per heavy atom. The number of benzene rings is 1. The van der Waals surface area contributed by atoms with Crippen molar-refractivity contribution in [2.75, 3.05) is 13.7 Å². The molecule has 1 aliphatic rings. The minimum absolute atomic E-state index is 0.121. The van der Waals surface area contributed by atoms with Crippen molar-refractivity contribution in [2.45, 2.75) is 25.8 Å². The zero-order valence-electron chi connectivity index (χ0n) is 10.3. The van der Waals surface area contributed by atoms with E-state index in [4.69, 9.17) is 4.74 Å². The molecule has 0 amide bonds. The molecule has 2 rings (SSSR count). The van der Waals surface area contributed by atoms with Gasteiger partial charge in [-0.25, -0.2) is 4.39 Å². The zero-order chi connectivity index (χ0) is 12.3. The number of aryl methyl sites for hydroxylation is 1. The van der Waals surface area contributed by atoms with Crippen LogP contribution in [-0.4, -0.2) is 13.7 Å². The van der Waals surface area contributed by atoms with Gasteiger partial charge in [0.2, 0.25) is 0 Å². The molecule has 1 unspecified atom stereocenters. The first kappa shape index (κ1) is 12.1. The largest absolute Gasteiger partial charge is 0.501 e. The maximum atomic E-state index is 13.1.